The molecule has 2 heterocycles. The lowest BCUT2D eigenvalue weighted by Crippen LogP contribution is -2.54. The molecule has 2 aromatic rings. The topological polar surface area (TPSA) is 75.7 Å². The number of para-hydroxylation sites is 1. The van der Waals surface area contributed by atoms with Crippen molar-refractivity contribution in [1.82, 2.24) is 5.32 Å². The summed E-state index contributed by atoms with van der Waals surface area (Å²) >= 11 is 0. The van der Waals surface area contributed by atoms with E-state index in [2.05, 4.69) is 5.32 Å². The average molecular weight is 378 g/mol. The number of ether oxygens (including phenoxy) is 1. The van der Waals surface area contributed by atoms with Gasteiger partial charge in [0.1, 0.15) is 5.54 Å². The summed E-state index contributed by atoms with van der Waals surface area (Å²) in [4.78, 5) is 40.6. The van der Waals surface area contributed by atoms with Crippen molar-refractivity contribution in [3.05, 3.63) is 65.7 Å². The smallest absolute Gasteiger partial charge is 0.326 e. The van der Waals surface area contributed by atoms with Gasteiger partial charge in [-0.05, 0) is 31.5 Å². The van der Waals surface area contributed by atoms with Crippen LogP contribution in [0.25, 0.3) is 0 Å². The minimum atomic E-state index is -1.29. The first-order chi connectivity index (χ1) is 13.4. The normalized spacial score (nSPS) is 29.1. The first-order valence-corrected chi connectivity index (χ1v) is 9.24. The number of methoxy groups -OCH3 is 1. The number of rotatable bonds is 3. The lowest BCUT2D eigenvalue weighted by atomic mass is 9.80. The van der Waals surface area contributed by atoms with E-state index in [1.807, 2.05) is 37.3 Å². The first-order valence-electron chi connectivity index (χ1n) is 9.24. The third-order valence-electron chi connectivity index (χ3n) is 5.81. The number of fused-ring (bicyclic) bond motifs is 1. The monoisotopic (exact) mass is 378 g/mol. The van der Waals surface area contributed by atoms with Gasteiger partial charge in [0.25, 0.3) is 0 Å². The molecule has 2 aromatic carbocycles. The molecular formula is C22H22N2O4. The second-order valence-corrected chi connectivity index (χ2v) is 7.58. The molecule has 2 amide bonds. The highest BCUT2D eigenvalue weighted by Crippen LogP contribution is 2.49. The van der Waals surface area contributed by atoms with E-state index in [-0.39, 0.29) is 11.8 Å². The molecule has 28 heavy (non-hydrogen) atoms. The summed E-state index contributed by atoms with van der Waals surface area (Å²) in [6.45, 7) is 3.61. The van der Waals surface area contributed by atoms with Crippen LogP contribution in [-0.2, 0) is 19.1 Å². The number of nitrogens with one attached hydrogen (secondary N) is 1. The molecule has 0 unspecified atom stereocenters. The molecule has 4 rings (SSSR count). The highest BCUT2D eigenvalue weighted by Gasteiger charge is 2.67. The molecule has 2 aliphatic rings. The zero-order chi connectivity index (χ0) is 20.1. The number of esters is 1. The molecule has 2 aliphatic heterocycles. The number of benzene rings is 2. The van der Waals surface area contributed by atoms with E-state index < -0.39 is 29.4 Å². The minimum Gasteiger partial charge on any atom is -0.468 e. The fraction of sp³-hybridized carbons (Fsp3) is 0.318. The summed E-state index contributed by atoms with van der Waals surface area (Å²) < 4.78 is 4.99. The molecule has 0 bridgehead atoms. The quantitative estimate of drug-likeness (QED) is 0.656. The van der Waals surface area contributed by atoms with Gasteiger partial charge in [-0.1, -0.05) is 48.0 Å². The van der Waals surface area contributed by atoms with Crippen molar-refractivity contribution in [3.63, 3.8) is 0 Å². The Bertz CT molecular complexity index is 958. The summed E-state index contributed by atoms with van der Waals surface area (Å²) in [5, 5.41) is 3.25. The van der Waals surface area contributed by atoms with Crippen LogP contribution in [0.3, 0.4) is 0 Å². The van der Waals surface area contributed by atoms with Crippen LogP contribution in [0, 0.1) is 18.8 Å². The van der Waals surface area contributed by atoms with Gasteiger partial charge in [-0.15, -0.1) is 0 Å². The van der Waals surface area contributed by atoms with Crippen LogP contribution in [-0.4, -0.2) is 30.4 Å². The molecule has 0 radical (unpaired) electrons. The SMILES string of the molecule is COC(=O)[C@@]1(C)N[C@H](c2cccc(C)c2)[C@H]2C(=O)N(c3ccccc3)C(=O)[C@H]21. The third-order valence-corrected chi connectivity index (χ3v) is 5.81. The van der Waals surface area contributed by atoms with Gasteiger partial charge in [-0.25, -0.2) is 4.90 Å². The maximum atomic E-state index is 13.4. The Balaban J connectivity index is 1.84. The van der Waals surface area contributed by atoms with Gasteiger partial charge in [0.15, 0.2) is 0 Å². The standard InChI is InChI=1S/C22H22N2O4/c1-13-8-7-9-14(12-13)18-16-17(22(2,23-18)21(27)28-3)20(26)24(19(16)25)15-10-5-4-6-11-15/h4-12,16-18,23H,1-3H3/t16-,17-,18+,22-/m0/s1. The number of imide groups is 1. The molecule has 0 saturated carbocycles. The highest BCUT2D eigenvalue weighted by molar-refractivity contribution is 6.24. The molecule has 4 atom stereocenters. The summed E-state index contributed by atoms with van der Waals surface area (Å²) in [5.74, 6) is -2.74. The number of carbonyl (C=O) groups is 3. The van der Waals surface area contributed by atoms with Crippen LogP contribution < -0.4 is 10.2 Å². The van der Waals surface area contributed by atoms with Crippen molar-refractivity contribution in [2.24, 2.45) is 11.8 Å². The van der Waals surface area contributed by atoms with E-state index in [9.17, 15) is 14.4 Å². The number of hydrogen-bond acceptors (Lipinski definition) is 5. The Hall–Kier alpha value is -2.99. The van der Waals surface area contributed by atoms with Crippen molar-refractivity contribution < 1.29 is 19.1 Å². The highest BCUT2D eigenvalue weighted by atomic mass is 16.5. The Morgan fingerprint density at radius 2 is 1.79 bits per heavy atom. The largest absolute Gasteiger partial charge is 0.468 e. The molecular weight excluding hydrogens is 356 g/mol. The van der Waals surface area contributed by atoms with Crippen LogP contribution in [0.2, 0.25) is 0 Å². The second kappa shape index (κ2) is 6.56. The van der Waals surface area contributed by atoms with Gasteiger partial charge < -0.3 is 4.74 Å². The third kappa shape index (κ3) is 2.56. The zero-order valence-electron chi connectivity index (χ0n) is 16.0. The molecule has 6 nitrogen and oxygen atoms in total. The van der Waals surface area contributed by atoms with Crippen molar-refractivity contribution >= 4 is 23.5 Å². The molecule has 6 heteroatoms. The van der Waals surface area contributed by atoms with E-state index in [0.29, 0.717) is 5.69 Å². The fourth-order valence-corrected chi connectivity index (χ4v) is 4.52. The number of carbonyl (C=O) groups excluding carboxylic acids is 3. The van der Waals surface area contributed by atoms with Gasteiger partial charge in [-0.3, -0.25) is 19.7 Å². The summed E-state index contributed by atoms with van der Waals surface area (Å²) in [6, 6.07) is 16.1. The zero-order valence-corrected chi connectivity index (χ0v) is 16.0. The van der Waals surface area contributed by atoms with E-state index in [4.69, 9.17) is 4.74 Å². The van der Waals surface area contributed by atoms with Crippen LogP contribution in [0.5, 0.6) is 0 Å². The number of amides is 2. The first kappa shape index (κ1) is 18.4. The Labute approximate surface area is 163 Å². The molecule has 2 saturated heterocycles. The maximum Gasteiger partial charge on any atom is 0.326 e. The number of anilines is 1. The summed E-state index contributed by atoms with van der Waals surface area (Å²) in [7, 11) is 1.29. The average Bonchev–Trinajstić information content (AvgIpc) is 3.16. The van der Waals surface area contributed by atoms with E-state index in [1.165, 1.54) is 12.0 Å². The lowest BCUT2D eigenvalue weighted by molar-refractivity contribution is -0.151. The van der Waals surface area contributed by atoms with Crippen LogP contribution in [0.15, 0.2) is 54.6 Å². The van der Waals surface area contributed by atoms with Crippen molar-refractivity contribution in [1.29, 1.82) is 0 Å². The minimum absolute atomic E-state index is 0.298. The molecule has 1 N–H and O–H groups in total. The number of hydrogen-bond donors (Lipinski definition) is 1. The van der Waals surface area contributed by atoms with E-state index in [0.717, 1.165) is 11.1 Å². The van der Waals surface area contributed by atoms with Crippen LogP contribution >= 0.6 is 0 Å². The van der Waals surface area contributed by atoms with Gasteiger partial charge in [0, 0.05) is 6.04 Å². The van der Waals surface area contributed by atoms with Gasteiger partial charge in [0.2, 0.25) is 11.8 Å². The molecule has 144 valence electrons. The molecule has 0 aliphatic carbocycles. The fourth-order valence-electron chi connectivity index (χ4n) is 4.52. The Kier molecular flexibility index (Phi) is 4.31. The van der Waals surface area contributed by atoms with Crippen LogP contribution in [0.4, 0.5) is 5.69 Å². The van der Waals surface area contributed by atoms with E-state index in [1.54, 1.807) is 31.2 Å². The number of nitrogens with zero attached hydrogens (tertiary/aromatic N) is 1. The number of aryl methyl sites for hydroxylation is 1. The van der Waals surface area contributed by atoms with Gasteiger partial charge >= 0.3 is 5.97 Å². The van der Waals surface area contributed by atoms with Crippen molar-refractivity contribution in [2.75, 3.05) is 12.0 Å². The van der Waals surface area contributed by atoms with Gasteiger partial charge in [0.05, 0.1) is 24.6 Å². The maximum absolute atomic E-state index is 13.4. The van der Waals surface area contributed by atoms with Crippen molar-refractivity contribution in [3.8, 4) is 0 Å². The molecule has 0 aromatic heterocycles. The van der Waals surface area contributed by atoms with Gasteiger partial charge in [-0.2, -0.15) is 0 Å². The Morgan fingerprint density at radius 1 is 1.07 bits per heavy atom. The predicted octanol–water partition coefficient (Wildman–Crippen LogP) is 2.38. The summed E-state index contributed by atoms with van der Waals surface area (Å²) in [5.41, 5.74) is 1.14. The van der Waals surface area contributed by atoms with Crippen molar-refractivity contribution in [2.45, 2.75) is 25.4 Å². The predicted molar refractivity (Wildman–Crippen MR) is 103 cm³/mol. The van der Waals surface area contributed by atoms with E-state index >= 15 is 0 Å². The lowest BCUT2D eigenvalue weighted by Gasteiger charge is -2.28. The Morgan fingerprint density at radius 3 is 2.43 bits per heavy atom. The summed E-state index contributed by atoms with van der Waals surface area (Å²) in [6.07, 6.45) is 0. The van der Waals surface area contributed by atoms with Crippen LogP contribution in [0.1, 0.15) is 24.1 Å². The second-order valence-electron chi connectivity index (χ2n) is 7.58. The molecule has 0 spiro atoms. The molecule has 2 fully saturated rings.